The van der Waals surface area contributed by atoms with E-state index in [2.05, 4.69) is 45.0 Å². The van der Waals surface area contributed by atoms with Gasteiger partial charge in [-0.2, -0.15) is 5.10 Å². The quantitative estimate of drug-likeness (QED) is 0.386. The second-order valence-electron chi connectivity index (χ2n) is 5.99. The van der Waals surface area contributed by atoms with Crippen LogP contribution in [0.15, 0.2) is 40.9 Å². The fourth-order valence-electron chi connectivity index (χ4n) is 2.45. The monoisotopic (exact) mass is 418 g/mol. The molecule has 0 saturated heterocycles. The van der Waals surface area contributed by atoms with E-state index in [4.69, 9.17) is 4.74 Å². The average Bonchev–Trinajstić information content (AvgIpc) is 3.30. The van der Waals surface area contributed by atoms with E-state index < -0.39 is 0 Å². The smallest absolute Gasteiger partial charge is 0.235 e. The van der Waals surface area contributed by atoms with Crippen LogP contribution in [0.4, 0.5) is 10.9 Å². The van der Waals surface area contributed by atoms with Crippen LogP contribution in [0.1, 0.15) is 11.1 Å². The standard InChI is InChI=1S/C18H22N6O2S2/c1-13-4-3-5-14(10-13)11-24-15(6-7-20-24)21-16(25)12-27-18-23-22-17(28-18)19-8-9-26-2/h3-7,10H,8-9,11-12H2,1-2H3,(H,19,22)(H,21,25). The molecule has 1 aromatic carbocycles. The van der Waals surface area contributed by atoms with E-state index in [1.165, 1.54) is 28.7 Å². The number of aryl methyl sites for hydroxylation is 1. The highest BCUT2D eigenvalue weighted by molar-refractivity contribution is 8.01. The molecular formula is C18H22N6O2S2. The van der Waals surface area contributed by atoms with E-state index in [1.807, 2.05) is 12.1 Å². The second-order valence-corrected chi connectivity index (χ2v) is 8.19. The summed E-state index contributed by atoms with van der Waals surface area (Å²) in [5.41, 5.74) is 2.33. The van der Waals surface area contributed by atoms with Crippen molar-refractivity contribution in [3.63, 3.8) is 0 Å². The predicted molar refractivity (Wildman–Crippen MR) is 112 cm³/mol. The number of anilines is 2. The molecule has 0 saturated carbocycles. The lowest BCUT2D eigenvalue weighted by atomic mass is 10.1. The minimum atomic E-state index is -0.111. The van der Waals surface area contributed by atoms with Crippen LogP contribution in [0.5, 0.6) is 0 Å². The number of nitrogens with zero attached hydrogens (tertiary/aromatic N) is 4. The van der Waals surface area contributed by atoms with E-state index in [-0.39, 0.29) is 11.7 Å². The van der Waals surface area contributed by atoms with Crippen LogP contribution in [0.25, 0.3) is 0 Å². The molecule has 0 fully saturated rings. The normalized spacial score (nSPS) is 10.8. The van der Waals surface area contributed by atoms with Crippen LogP contribution in [-0.4, -0.2) is 51.9 Å². The summed E-state index contributed by atoms with van der Waals surface area (Å²) in [4.78, 5) is 12.3. The Kier molecular flexibility index (Phi) is 7.40. The summed E-state index contributed by atoms with van der Waals surface area (Å²) in [6.07, 6.45) is 1.68. The second kappa shape index (κ2) is 10.2. The highest BCUT2D eigenvalue weighted by atomic mass is 32.2. The Bertz CT molecular complexity index is 911. The molecule has 2 heterocycles. The van der Waals surface area contributed by atoms with Crippen molar-refractivity contribution in [1.82, 2.24) is 20.0 Å². The largest absolute Gasteiger partial charge is 0.383 e. The van der Waals surface area contributed by atoms with Gasteiger partial charge in [0.2, 0.25) is 11.0 Å². The van der Waals surface area contributed by atoms with Gasteiger partial charge in [0.25, 0.3) is 0 Å². The van der Waals surface area contributed by atoms with E-state index in [0.717, 1.165) is 15.0 Å². The molecule has 0 radical (unpaired) electrons. The van der Waals surface area contributed by atoms with Gasteiger partial charge in [-0.3, -0.25) is 4.79 Å². The molecule has 2 N–H and O–H groups in total. The molecule has 3 aromatic rings. The number of benzene rings is 1. The molecular weight excluding hydrogens is 396 g/mol. The van der Waals surface area contributed by atoms with Crippen LogP contribution < -0.4 is 10.6 Å². The predicted octanol–water partition coefficient (Wildman–Crippen LogP) is 2.88. The van der Waals surface area contributed by atoms with E-state index in [9.17, 15) is 4.79 Å². The molecule has 0 aliphatic heterocycles. The fraction of sp³-hybridized carbons (Fsp3) is 0.333. The molecule has 148 valence electrons. The van der Waals surface area contributed by atoms with Gasteiger partial charge in [-0.1, -0.05) is 52.9 Å². The van der Waals surface area contributed by atoms with Crippen molar-refractivity contribution < 1.29 is 9.53 Å². The summed E-state index contributed by atoms with van der Waals surface area (Å²) in [5.74, 6) is 0.814. The molecule has 0 aliphatic rings. The zero-order valence-corrected chi connectivity index (χ0v) is 17.3. The van der Waals surface area contributed by atoms with Gasteiger partial charge in [-0.05, 0) is 12.5 Å². The number of methoxy groups -OCH3 is 1. The van der Waals surface area contributed by atoms with Gasteiger partial charge < -0.3 is 15.4 Å². The van der Waals surface area contributed by atoms with Crippen molar-refractivity contribution in [2.24, 2.45) is 0 Å². The molecule has 0 atom stereocenters. The number of hydrogen-bond donors (Lipinski definition) is 2. The van der Waals surface area contributed by atoms with Gasteiger partial charge in [0, 0.05) is 19.7 Å². The molecule has 10 heteroatoms. The van der Waals surface area contributed by atoms with Gasteiger partial charge in [0.1, 0.15) is 5.82 Å². The number of hydrogen-bond acceptors (Lipinski definition) is 8. The maximum atomic E-state index is 12.3. The minimum absolute atomic E-state index is 0.111. The molecule has 0 unspecified atom stereocenters. The van der Waals surface area contributed by atoms with Crippen LogP contribution in [0.3, 0.4) is 0 Å². The van der Waals surface area contributed by atoms with Crippen molar-refractivity contribution in [3.8, 4) is 0 Å². The van der Waals surface area contributed by atoms with E-state index >= 15 is 0 Å². The zero-order valence-electron chi connectivity index (χ0n) is 15.7. The number of ether oxygens (including phenoxy) is 1. The number of rotatable bonds is 10. The van der Waals surface area contributed by atoms with Crippen LogP contribution in [-0.2, 0) is 16.1 Å². The Hall–Kier alpha value is -2.43. The first-order valence-electron chi connectivity index (χ1n) is 8.70. The SMILES string of the molecule is COCCNc1nnc(SCC(=O)Nc2ccnn2Cc2cccc(C)c2)s1. The minimum Gasteiger partial charge on any atom is -0.383 e. The highest BCUT2D eigenvalue weighted by Gasteiger charge is 2.11. The Labute approximate surface area is 171 Å². The van der Waals surface area contributed by atoms with Crippen molar-refractivity contribution in [2.75, 3.05) is 36.6 Å². The lowest BCUT2D eigenvalue weighted by molar-refractivity contribution is -0.113. The molecule has 0 aliphatic carbocycles. The third-order valence-corrected chi connectivity index (χ3v) is 5.73. The Balaban J connectivity index is 1.50. The first-order valence-corrected chi connectivity index (χ1v) is 10.5. The lowest BCUT2D eigenvalue weighted by Gasteiger charge is -2.09. The molecule has 0 spiro atoms. The molecule has 3 rings (SSSR count). The Morgan fingerprint density at radius 1 is 1.32 bits per heavy atom. The fourth-order valence-corrected chi connectivity index (χ4v) is 4.03. The zero-order chi connectivity index (χ0) is 19.8. The molecule has 1 amide bonds. The first kappa shape index (κ1) is 20.3. The van der Waals surface area contributed by atoms with E-state index in [0.29, 0.717) is 25.5 Å². The summed E-state index contributed by atoms with van der Waals surface area (Å²) < 4.78 is 7.50. The van der Waals surface area contributed by atoms with E-state index in [1.54, 1.807) is 24.1 Å². The number of thioether (sulfide) groups is 1. The van der Waals surface area contributed by atoms with Crippen molar-refractivity contribution in [1.29, 1.82) is 0 Å². The number of aromatic nitrogens is 4. The van der Waals surface area contributed by atoms with Gasteiger partial charge in [-0.15, -0.1) is 10.2 Å². The molecule has 28 heavy (non-hydrogen) atoms. The number of nitrogens with one attached hydrogen (secondary N) is 2. The Morgan fingerprint density at radius 3 is 3.04 bits per heavy atom. The third kappa shape index (κ3) is 6.04. The van der Waals surface area contributed by atoms with Gasteiger partial charge >= 0.3 is 0 Å². The number of amides is 1. The summed E-state index contributed by atoms with van der Waals surface area (Å²) in [5, 5.41) is 19.2. The van der Waals surface area contributed by atoms with Gasteiger partial charge in [-0.25, -0.2) is 4.68 Å². The van der Waals surface area contributed by atoms with Crippen molar-refractivity contribution in [2.45, 2.75) is 17.8 Å². The summed E-state index contributed by atoms with van der Waals surface area (Å²) in [6, 6.07) is 10.0. The van der Waals surface area contributed by atoms with Crippen LogP contribution in [0.2, 0.25) is 0 Å². The van der Waals surface area contributed by atoms with Crippen molar-refractivity contribution >= 4 is 40.0 Å². The van der Waals surface area contributed by atoms with Crippen molar-refractivity contribution in [3.05, 3.63) is 47.7 Å². The highest BCUT2D eigenvalue weighted by Crippen LogP contribution is 2.25. The van der Waals surface area contributed by atoms with Gasteiger partial charge in [0.15, 0.2) is 4.34 Å². The lowest BCUT2D eigenvalue weighted by Crippen LogP contribution is -2.17. The van der Waals surface area contributed by atoms with Crippen LogP contribution in [0, 0.1) is 6.92 Å². The maximum Gasteiger partial charge on any atom is 0.235 e. The third-order valence-electron chi connectivity index (χ3n) is 3.71. The first-order chi connectivity index (χ1) is 13.6. The van der Waals surface area contributed by atoms with Gasteiger partial charge in [0.05, 0.1) is 25.1 Å². The summed E-state index contributed by atoms with van der Waals surface area (Å²) in [6.45, 7) is 3.92. The number of carbonyl (C=O) groups excluding carboxylic acids is 1. The Morgan fingerprint density at radius 2 is 2.21 bits per heavy atom. The molecule has 0 bridgehead atoms. The molecule has 2 aromatic heterocycles. The maximum absolute atomic E-state index is 12.3. The average molecular weight is 419 g/mol. The van der Waals surface area contributed by atoms with Crippen LogP contribution >= 0.6 is 23.1 Å². The molecule has 8 nitrogen and oxygen atoms in total. The topological polar surface area (TPSA) is 94.0 Å². The number of carbonyl (C=O) groups is 1. The summed E-state index contributed by atoms with van der Waals surface area (Å²) in [7, 11) is 1.65. The summed E-state index contributed by atoms with van der Waals surface area (Å²) >= 11 is 2.77.